The van der Waals surface area contributed by atoms with Crippen LogP contribution in [-0.2, 0) is 0 Å². The maximum absolute atomic E-state index is 10.4. The number of fused-ring (bicyclic) bond motifs is 5. The number of hydrogen-bond acceptors (Lipinski definition) is 2. The van der Waals surface area contributed by atoms with Gasteiger partial charge in [0.1, 0.15) is 0 Å². The van der Waals surface area contributed by atoms with Crippen LogP contribution < -0.4 is 5.73 Å². The summed E-state index contributed by atoms with van der Waals surface area (Å²) in [5.41, 5.74) is 8.68. The second-order valence-electron chi connectivity index (χ2n) is 12.4. The zero-order valence-electron chi connectivity index (χ0n) is 19.8. The molecule has 2 heteroatoms. The number of allylic oxidation sites excluding steroid dienone is 1. The Labute approximate surface area is 180 Å². The molecule has 0 radical (unpaired) electrons. The highest BCUT2D eigenvalue weighted by Gasteiger charge is 2.59. The minimum absolute atomic E-state index is 0.125. The Morgan fingerprint density at radius 2 is 1.79 bits per heavy atom. The molecule has 0 saturated heterocycles. The smallest absolute Gasteiger partial charge is 0.0730 e. The molecule has 0 aliphatic heterocycles. The van der Waals surface area contributed by atoms with Crippen LogP contribution in [0.15, 0.2) is 11.6 Å². The molecule has 0 aromatic carbocycles. The first-order valence-corrected chi connectivity index (χ1v) is 12.8. The predicted octanol–water partition coefficient (Wildman–Crippen LogP) is 6.33. The molecule has 2 nitrogen and oxygen atoms in total. The highest BCUT2D eigenvalue weighted by atomic mass is 16.3. The standard InChI is InChI=1S/C27H47NO/c1-17(2)7-6-8-18(3)20-11-12-21-19-9-10-23-25(28)24(29)14-16-27(23,5)22(19)13-15-26(20,21)4/h10,17-22,24-25,29H,6-9,11-16,28H2,1-5H3/t18-,19+,20-,21+,22+,24+,25?,26-,27-/m1/s1. The SMILES string of the molecule is CC(C)CCC[C@@H](C)[C@H]1CC[C@H]2[C@@H]3CC=C4C(N)[C@@H](O)CC[C@]4(C)[C@H]3CC[C@]12C. The van der Waals surface area contributed by atoms with E-state index in [1.807, 2.05) is 0 Å². The average Bonchev–Trinajstić information content (AvgIpc) is 3.02. The quantitative estimate of drug-likeness (QED) is 0.529. The van der Waals surface area contributed by atoms with E-state index in [2.05, 4.69) is 40.7 Å². The Hall–Kier alpha value is -0.340. The van der Waals surface area contributed by atoms with Gasteiger partial charge < -0.3 is 10.8 Å². The lowest BCUT2D eigenvalue weighted by Crippen LogP contribution is -2.55. The lowest BCUT2D eigenvalue weighted by atomic mass is 9.46. The summed E-state index contributed by atoms with van der Waals surface area (Å²) in [6.45, 7) is 12.4. The van der Waals surface area contributed by atoms with E-state index in [4.69, 9.17) is 5.73 Å². The summed E-state index contributed by atoms with van der Waals surface area (Å²) >= 11 is 0. The Balaban J connectivity index is 1.51. The van der Waals surface area contributed by atoms with Crippen molar-refractivity contribution >= 4 is 0 Å². The van der Waals surface area contributed by atoms with Crippen LogP contribution in [0.25, 0.3) is 0 Å². The molecule has 3 fully saturated rings. The van der Waals surface area contributed by atoms with Crippen molar-refractivity contribution in [1.82, 2.24) is 0 Å². The topological polar surface area (TPSA) is 46.2 Å². The molecule has 0 bridgehead atoms. The van der Waals surface area contributed by atoms with Gasteiger partial charge in [0.2, 0.25) is 0 Å². The lowest BCUT2D eigenvalue weighted by molar-refractivity contribution is -0.0597. The molecular weight excluding hydrogens is 354 g/mol. The van der Waals surface area contributed by atoms with Crippen LogP contribution >= 0.6 is 0 Å². The molecule has 0 aromatic rings. The van der Waals surface area contributed by atoms with Crippen molar-refractivity contribution in [2.75, 3.05) is 0 Å². The van der Waals surface area contributed by atoms with E-state index in [9.17, 15) is 5.11 Å². The van der Waals surface area contributed by atoms with Crippen LogP contribution in [0.2, 0.25) is 0 Å². The summed E-state index contributed by atoms with van der Waals surface area (Å²) in [5, 5.41) is 10.4. The van der Waals surface area contributed by atoms with Gasteiger partial charge in [-0.15, -0.1) is 0 Å². The Kier molecular flexibility index (Phi) is 6.01. The van der Waals surface area contributed by atoms with Gasteiger partial charge in [0.15, 0.2) is 0 Å². The van der Waals surface area contributed by atoms with Crippen molar-refractivity contribution in [3.8, 4) is 0 Å². The van der Waals surface area contributed by atoms with Gasteiger partial charge in [0, 0.05) is 0 Å². The minimum atomic E-state index is -0.331. The summed E-state index contributed by atoms with van der Waals surface area (Å²) in [4.78, 5) is 0. The number of aliphatic hydroxyl groups excluding tert-OH is 1. The van der Waals surface area contributed by atoms with E-state index in [0.717, 1.165) is 48.3 Å². The molecular formula is C27H47NO. The van der Waals surface area contributed by atoms with Gasteiger partial charge in [-0.05, 0) is 96.9 Å². The summed E-state index contributed by atoms with van der Waals surface area (Å²) < 4.78 is 0. The number of hydrogen-bond donors (Lipinski definition) is 2. The van der Waals surface area contributed by atoms with Gasteiger partial charge in [-0.3, -0.25) is 0 Å². The largest absolute Gasteiger partial charge is 0.391 e. The summed E-state index contributed by atoms with van der Waals surface area (Å²) in [6, 6.07) is -0.125. The third kappa shape index (κ3) is 3.55. The Morgan fingerprint density at radius 3 is 2.52 bits per heavy atom. The summed E-state index contributed by atoms with van der Waals surface area (Å²) in [5.74, 6) is 5.18. The first kappa shape index (κ1) is 21.9. The van der Waals surface area contributed by atoms with Crippen LogP contribution in [0.4, 0.5) is 0 Å². The zero-order chi connectivity index (χ0) is 21.0. The summed E-state index contributed by atoms with van der Waals surface area (Å²) in [7, 11) is 0. The maximum atomic E-state index is 10.4. The van der Waals surface area contributed by atoms with Gasteiger partial charge in [-0.2, -0.15) is 0 Å². The lowest BCUT2D eigenvalue weighted by Gasteiger charge is -2.59. The average molecular weight is 402 g/mol. The Bertz CT molecular complexity index is 626. The number of aliphatic hydroxyl groups is 1. The van der Waals surface area contributed by atoms with E-state index in [0.29, 0.717) is 5.41 Å². The third-order valence-corrected chi connectivity index (χ3v) is 10.5. The van der Waals surface area contributed by atoms with Crippen LogP contribution in [0, 0.1) is 46.3 Å². The van der Waals surface area contributed by atoms with Gasteiger partial charge in [0.05, 0.1) is 12.1 Å². The second kappa shape index (κ2) is 7.97. The fourth-order valence-corrected chi connectivity index (χ4v) is 8.82. The van der Waals surface area contributed by atoms with Crippen molar-refractivity contribution in [2.24, 2.45) is 52.1 Å². The van der Waals surface area contributed by atoms with Crippen molar-refractivity contribution in [3.05, 3.63) is 11.6 Å². The molecule has 0 aromatic heterocycles. The fourth-order valence-electron chi connectivity index (χ4n) is 8.82. The van der Waals surface area contributed by atoms with Crippen molar-refractivity contribution < 1.29 is 5.11 Å². The highest BCUT2D eigenvalue weighted by Crippen LogP contribution is 2.67. The summed E-state index contributed by atoms with van der Waals surface area (Å²) in [6.07, 6.45) is 15.3. The van der Waals surface area contributed by atoms with Crippen LogP contribution in [0.3, 0.4) is 0 Å². The molecule has 0 amide bonds. The molecule has 29 heavy (non-hydrogen) atoms. The molecule has 166 valence electrons. The first-order valence-electron chi connectivity index (χ1n) is 12.8. The van der Waals surface area contributed by atoms with Crippen molar-refractivity contribution in [3.63, 3.8) is 0 Å². The van der Waals surface area contributed by atoms with Crippen molar-refractivity contribution in [2.45, 2.75) is 111 Å². The molecule has 1 unspecified atom stereocenters. The van der Waals surface area contributed by atoms with E-state index >= 15 is 0 Å². The minimum Gasteiger partial charge on any atom is -0.391 e. The fraction of sp³-hybridized carbons (Fsp3) is 0.926. The normalized spacial score (nSPS) is 47.9. The maximum Gasteiger partial charge on any atom is 0.0730 e. The molecule has 9 atom stereocenters. The van der Waals surface area contributed by atoms with Crippen molar-refractivity contribution in [1.29, 1.82) is 0 Å². The Morgan fingerprint density at radius 1 is 1.03 bits per heavy atom. The van der Waals surface area contributed by atoms with E-state index in [-0.39, 0.29) is 17.6 Å². The molecule has 4 rings (SSSR count). The van der Waals surface area contributed by atoms with E-state index in [1.54, 1.807) is 0 Å². The molecule has 3 N–H and O–H groups in total. The van der Waals surface area contributed by atoms with Gasteiger partial charge in [0.25, 0.3) is 0 Å². The molecule has 4 aliphatic rings. The highest BCUT2D eigenvalue weighted by molar-refractivity contribution is 5.30. The third-order valence-electron chi connectivity index (χ3n) is 10.5. The molecule has 4 aliphatic carbocycles. The zero-order valence-corrected chi connectivity index (χ0v) is 19.8. The predicted molar refractivity (Wildman–Crippen MR) is 122 cm³/mol. The first-order chi connectivity index (χ1) is 13.7. The van der Waals surface area contributed by atoms with Gasteiger partial charge in [-0.25, -0.2) is 0 Å². The molecule has 0 heterocycles. The van der Waals surface area contributed by atoms with Crippen LogP contribution in [0.5, 0.6) is 0 Å². The monoisotopic (exact) mass is 401 g/mol. The van der Waals surface area contributed by atoms with Crippen LogP contribution in [-0.4, -0.2) is 17.3 Å². The van der Waals surface area contributed by atoms with E-state index in [1.165, 1.54) is 56.9 Å². The second-order valence-corrected chi connectivity index (χ2v) is 12.4. The van der Waals surface area contributed by atoms with E-state index < -0.39 is 0 Å². The van der Waals surface area contributed by atoms with Gasteiger partial charge in [-0.1, -0.05) is 60.0 Å². The number of nitrogens with two attached hydrogens (primary N) is 1. The molecule has 0 spiro atoms. The van der Waals surface area contributed by atoms with Gasteiger partial charge >= 0.3 is 0 Å². The molecule has 3 saturated carbocycles. The van der Waals surface area contributed by atoms with Crippen LogP contribution in [0.1, 0.15) is 98.8 Å². The number of rotatable bonds is 5.